The van der Waals surface area contributed by atoms with E-state index in [0.717, 1.165) is 5.56 Å². The number of aliphatic hydroxyl groups excluding tert-OH is 1. The fraction of sp³-hybridized carbons (Fsp3) is 0.235. The maximum Gasteiger partial charge on any atom is 0.586 e. The van der Waals surface area contributed by atoms with E-state index in [1.165, 1.54) is 12.1 Å². The van der Waals surface area contributed by atoms with E-state index in [9.17, 15) is 13.9 Å². The standard InChI is InChI=1S/C17H16F2N2O3S/c18-17(19)23-14-7-6-13(10-15(14)24-17)20-16(25)21(8-9-22)11-12-4-2-1-3-5-12/h1-7,10,22H,8-9,11H2,(H,20,25). The average molecular weight is 366 g/mol. The van der Waals surface area contributed by atoms with E-state index in [1.54, 1.807) is 11.0 Å². The van der Waals surface area contributed by atoms with Crippen LogP contribution in [0, 0.1) is 0 Å². The van der Waals surface area contributed by atoms with Crippen molar-refractivity contribution in [2.45, 2.75) is 12.8 Å². The summed E-state index contributed by atoms with van der Waals surface area (Å²) in [6, 6.07) is 14.0. The highest BCUT2D eigenvalue weighted by Gasteiger charge is 2.43. The van der Waals surface area contributed by atoms with Gasteiger partial charge in [-0.05, 0) is 29.9 Å². The fourth-order valence-corrected chi connectivity index (χ4v) is 2.68. The molecule has 0 spiro atoms. The number of hydrogen-bond donors (Lipinski definition) is 2. The molecule has 8 heteroatoms. The first-order chi connectivity index (χ1) is 12.0. The molecule has 0 aliphatic carbocycles. The molecule has 132 valence electrons. The van der Waals surface area contributed by atoms with Crippen molar-refractivity contribution in [3.8, 4) is 11.5 Å². The van der Waals surface area contributed by atoms with Crippen molar-refractivity contribution in [2.24, 2.45) is 0 Å². The molecule has 5 nitrogen and oxygen atoms in total. The van der Waals surface area contributed by atoms with Crippen LogP contribution in [0.25, 0.3) is 0 Å². The molecule has 0 saturated carbocycles. The average Bonchev–Trinajstić information content (AvgIpc) is 2.88. The van der Waals surface area contributed by atoms with Crippen molar-refractivity contribution in [2.75, 3.05) is 18.5 Å². The number of halogens is 2. The van der Waals surface area contributed by atoms with E-state index in [2.05, 4.69) is 14.8 Å². The summed E-state index contributed by atoms with van der Waals surface area (Å²) in [5, 5.41) is 12.6. The maximum absolute atomic E-state index is 13.1. The van der Waals surface area contributed by atoms with Crippen LogP contribution < -0.4 is 14.8 Å². The van der Waals surface area contributed by atoms with Crippen LogP contribution in [-0.4, -0.2) is 34.6 Å². The third-order valence-corrected chi connectivity index (χ3v) is 3.89. The molecule has 2 aromatic rings. The highest BCUT2D eigenvalue weighted by molar-refractivity contribution is 7.80. The fourth-order valence-electron chi connectivity index (χ4n) is 2.41. The summed E-state index contributed by atoms with van der Waals surface area (Å²) in [6.45, 7) is 0.779. The monoisotopic (exact) mass is 366 g/mol. The minimum Gasteiger partial charge on any atom is -0.395 e. The molecule has 0 saturated heterocycles. The van der Waals surface area contributed by atoms with Gasteiger partial charge in [0.2, 0.25) is 0 Å². The van der Waals surface area contributed by atoms with Gasteiger partial charge in [-0.3, -0.25) is 0 Å². The van der Waals surface area contributed by atoms with Gasteiger partial charge in [0.15, 0.2) is 16.6 Å². The first kappa shape index (κ1) is 17.4. The third-order valence-electron chi connectivity index (χ3n) is 3.53. The Morgan fingerprint density at radius 3 is 2.56 bits per heavy atom. The third kappa shape index (κ3) is 4.34. The lowest BCUT2D eigenvalue weighted by atomic mass is 10.2. The molecule has 0 fully saturated rings. The van der Waals surface area contributed by atoms with E-state index in [0.29, 0.717) is 23.9 Å². The summed E-state index contributed by atoms with van der Waals surface area (Å²) in [4.78, 5) is 1.78. The second kappa shape index (κ2) is 7.20. The van der Waals surface area contributed by atoms with Crippen LogP contribution in [0.4, 0.5) is 14.5 Å². The zero-order valence-corrected chi connectivity index (χ0v) is 13.9. The second-order valence-electron chi connectivity index (χ2n) is 5.39. The molecular weight excluding hydrogens is 350 g/mol. The lowest BCUT2D eigenvalue weighted by Crippen LogP contribution is -2.36. The van der Waals surface area contributed by atoms with Gasteiger partial charge in [0.1, 0.15) is 0 Å². The normalized spacial score (nSPS) is 14.2. The topological polar surface area (TPSA) is 54.0 Å². The molecule has 2 aromatic carbocycles. The van der Waals surface area contributed by atoms with Gasteiger partial charge in [0, 0.05) is 24.8 Å². The lowest BCUT2D eigenvalue weighted by molar-refractivity contribution is -0.286. The van der Waals surface area contributed by atoms with Crippen molar-refractivity contribution in [1.82, 2.24) is 4.90 Å². The Labute approximate surface area is 148 Å². The van der Waals surface area contributed by atoms with Gasteiger partial charge in [-0.15, -0.1) is 8.78 Å². The predicted molar refractivity (Wildman–Crippen MR) is 92.8 cm³/mol. The van der Waals surface area contributed by atoms with Crippen molar-refractivity contribution in [3.05, 3.63) is 54.1 Å². The van der Waals surface area contributed by atoms with Gasteiger partial charge in [-0.1, -0.05) is 30.3 Å². The molecule has 2 N–H and O–H groups in total. The van der Waals surface area contributed by atoms with E-state index in [1.807, 2.05) is 30.3 Å². The zero-order valence-electron chi connectivity index (χ0n) is 13.1. The van der Waals surface area contributed by atoms with Crippen LogP contribution in [-0.2, 0) is 6.54 Å². The van der Waals surface area contributed by atoms with Crippen LogP contribution in [0.1, 0.15) is 5.56 Å². The van der Waals surface area contributed by atoms with E-state index >= 15 is 0 Å². The molecule has 0 bridgehead atoms. The van der Waals surface area contributed by atoms with E-state index in [-0.39, 0.29) is 18.1 Å². The number of alkyl halides is 2. The summed E-state index contributed by atoms with van der Waals surface area (Å²) >= 11 is 5.38. The summed E-state index contributed by atoms with van der Waals surface area (Å²) in [7, 11) is 0. The van der Waals surface area contributed by atoms with E-state index in [4.69, 9.17) is 12.2 Å². The number of hydrogen-bond acceptors (Lipinski definition) is 4. The molecule has 1 heterocycles. The van der Waals surface area contributed by atoms with Gasteiger partial charge in [0.25, 0.3) is 0 Å². The molecular formula is C17H16F2N2O3S. The van der Waals surface area contributed by atoms with Gasteiger partial charge in [0.05, 0.1) is 6.61 Å². The number of benzene rings is 2. The summed E-state index contributed by atoms with van der Waals surface area (Å²) in [5.74, 6) is -0.0902. The van der Waals surface area contributed by atoms with Crippen LogP contribution >= 0.6 is 12.2 Å². The van der Waals surface area contributed by atoms with Crippen LogP contribution in [0.3, 0.4) is 0 Å². The number of nitrogens with zero attached hydrogens (tertiary/aromatic N) is 1. The first-order valence-electron chi connectivity index (χ1n) is 7.57. The van der Waals surface area contributed by atoms with Crippen molar-refractivity contribution in [3.63, 3.8) is 0 Å². The molecule has 0 radical (unpaired) electrons. The SMILES string of the molecule is OCCN(Cc1ccccc1)C(=S)Nc1ccc2c(c1)OC(F)(F)O2. The number of fused-ring (bicyclic) bond motifs is 1. The van der Waals surface area contributed by atoms with Crippen molar-refractivity contribution < 1.29 is 23.4 Å². The molecule has 1 aliphatic rings. The Bertz CT molecular complexity index is 759. The Morgan fingerprint density at radius 1 is 1.12 bits per heavy atom. The second-order valence-corrected chi connectivity index (χ2v) is 5.78. The summed E-state index contributed by atoms with van der Waals surface area (Å²) < 4.78 is 34.9. The summed E-state index contributed by atoms with van der Waals surface area (Å²) in [5.41, 5.74) is 1.52. The van der Waals surface area contributed by atoms with Crippen molar-refractivity contribution >= 4 is 23.0 Å². The smallest absolute Gasteiger partial charge is 0.395 e. The maximum atomic E-state index is 13.1. The Morgan fingerprint density at radius 2 is 1.84 bits per heavy atom. The number of anilines is 1. The Balaban J connectivity index is 1.69. The Hall–Kier alpha value is -2.45. The molecule has 0 amide bonds. The molecule has 3 rings (SSSR count). The number of ether oxygens (including phenoxy) is 2. The minimum absolute atomic E-state index is 0.0297. The lowest BCUT2D eigenvalue weighted by Gasteiger charge is -2.25. The summed E-state index contributed by atoms with van der Waals surface area (Å²) in [6.07, 6.45) is -3.66. The highest BCUT2D eigenvalue weighted by atomic mass is 32.1. The molecule has 1 aliphatic heterocycles. The van der Waals surface area contributed by atoms with Crippen LogP contribution in [0.15, 0.2) is 48.5 Å². The minimum atomic E-state index is -3.66. The largest absolute Gasteiger partial charge is 0.586 e. The van der Waals surface area contributed by atoms with E-state index < -0.39 is 6.29 Å². The Kier molecular flexibility index (Phi) is 5.00. The molecule has 0 unspecified atom stereocenters. The zero-order chi connectivity index (χ0) is 17.9. The quantitative estimate of drug-likeness (QED) is 0.793. The highest BCUT2D eigenvalue weighted by Crippen LogP contribution is 2.42. The molecule has 0 atom stereocenters. The van der Waals surface area contributed by atoms with Crippen LogP contribution in [0.5, 0.6) is 11.5 Å². The molecule has 25 heavy (non-hydrogen) atoms. The number of rotatable bonds is 5. The van der Waals surface area contributed by atoms with Crippen LogP contribution in [0.2, 0.25) is 0 Å². The van der Waals surface area contributed by atoms with Crippen molar-refractivity contribution in [1.29, 1.82) is 0 Å². The predicted octanol–water partition coefficient (Wildman–Crippen LogP) is 3.20. The number of thiocarbonyl (C=S) groups is 1. The first-order valence-corrected chi connectivity index (χ1v) is 7.98. The number of nitrogens with one attached hydrogen (secondary N) is 1. The van der Waals surface area contributed by atoms with Gasteiger partial charge in [-0.2, -0.15) is 0 Å². The van der Waals surface area contributed by atoms with Gasteiger partial charge in [-0.25, -0.2) is 0 Å². The van der Waals surface area contributed by atoms with Gasteiger partial charge < -0.3 is 24.8 Å². The van der Waals surface area contributed by atoms with Gasteiger partial charge >= 0.3 is 6.29 Å². The molecule has 0 aromatic heterocycles. The number of aliphatic hydroxyl groups is 1.